The van der Waals surface area contributed by atoms with Crippen molar-refractivity contribution in [3.63, 3.8) is 0 Å². The van der Waals surface area contributed by atoms with Crippen molar-refractivity contribution in [2.45, 2.75) is 42.5 Å². The Hall–Kier alpha value is -2.42. The van der Waals surface area contributed by atoms with Crippen LogP contribution in [0.4, 0.5) is 0 Å². The number of rotatable bonds is 4. The van der Waals surface area contributed by atoms with Crippen molar-refractivity contribution in [3.8, 4) is 0 Å². The van der Waals surface area contributed by atoms with Crippen LogP contribution in [0.2, 0.25) is 0 Å². The van der Waals surface area contributed by atoms with Gasteiger partial charge in [-0.3, -0.25) is 9.59 Å². The number of hydrogen-bond donors (Lipinski definition) is 2. The number of amides is 2. The molecule has 2 unspecified atom stereocenters. The van der Waals surface area contributed by atoms with Gasteiger partial charge in [-0.05, 0) is 13.8 Å². The summed E-state index contributed by atoms with van der Waals surface area (Å²) in [4.78, 5) is 26.9. The van der Waals surface area contributed by atoms with Gasteiger partial charge in [0.25, 0.3) is 0 Å². The van der Waals surface area contributed by atoms with Crippen LogP contribution in [0.15, 0.2) is 36.5 Å². The summed E-state index contributed by atoms with van der Waals surface area (Å²) >= 11 is 1.66. The Bertz CT molecular complexity index is 784. The number of nitrogens with zero attached hydrogens (tertiary/aromatic N) is 4. The standard InChI is InChI=1S/C17H20N6O2S/c1-17(2)13(14-19-21-22-20-14)23-15(25)12(16(23)26-17)18-11(24)9-10-7-5-3-4-6-8-10/h3-8,10,12-13,16H,9H2,1-2H3,(H,18,24)(H,19,20,21,22)/t12?,13?,16-/m1/s1. The van der Waals surface area contributed by atoms with Crippen molar-refractivity contribution < 1.29 is 9.59 Å². The third-order valence-electron chi connectivity index (χ3n) is 4.83. The fraction of sp³-hybridized carbons (Fsp3) is 0.471. The number of nitrogens with one attached hydrogen (secondary N) is 2. The van der Waals surface area contributed by atoms with Gasteiger partial charge < -0.3 is 10.2 Å². The second kappa shape index (κ2) is 6.39. The van der Waals surface area contributed by atoms with Crippen LogP contribution < -0.4 is 5.32 Å². The molecule has 9 heteroatoms. The van der Waals surface area contributed by atoms with Crippen molar-refractivity contribution in [2.75, 3.05) is 0 Å². The highest BCUT2D eigenvalue weighted by Gasteiger charge is 2.63. The largest absolute Gasteiger partial charge is 0.342 e. The minimum absolute atomic E-state index is 0.0380. The third-order valence-corrected chi connectivity index (χ3v) is 6.41. The van der Waals surface area contributed by atoms with E-state index >= 15 is 0 Å². The van der Waals surface area contributed by atoms with E-state index in [0.29, 0.717) is 12.2 Å². The highest BCUT2D eigenvalue weighted by atomic mass is 32.2. The molecule has 1 aromatic heterocycles. The average Bonchev–Trinajstić information content (AvgIpc) is 3.10. The van der Waals surface area contributed by atoms with Gasteiger partial charge >= 0.3 is 0 Å². The molecule has 0 spiro atoms. The van der Waals surface area contributed by atoms with Crippen LogP contribution in [0.5, 0.6) is 0 Å². The second-order valence-electron chi connectivity index (χ2n) is 7.10. The van der Waals surface area contributed by atoms with Crippen molar-refractivity contribution in [2.24, 2.45) is 5.92 Å². The van der Waals surface area contributed by atoms with Gasteiger partial charge in [0.1, 0.15) is 17.5 Å². The molecule has 2 aliphatic heterocycles. The number of aromatic amines is 1. The number of H-pyrrole nitrogens is 1. The smallest absolute Gasteiger partial charge is 0.249 e. The molecule has 8 nitrogen and oxygen atoms in total. The second-order valence-corrected chi connectivity index (χ2v) is 8.87. The number of hydrogen-bond acceptors (Lipinski definition) is 6. The number of thioether (sulfide) groups is 1. The zero-order valence-electron chi connectivity index (χ0n) is 14.5. The van der Waals surface area contributed by atoms with Gasteiger partial charge in [-0.25, -0.2) is 0 Å². The minimum atomic E-state index is -0.500. The van der Waals surface area contributed by atoms with Crippen molar-refractivity contribution in [1.82, 2.24) is 30.8 Å². The maximum Gasteiger partial charge on any atom is 0.249 e. The molecule has 2 fully saturated rings. The molecule has 1 aliphatic carbocycles. The molecule has 2 amide bonds. The van der Waals surface area contributed by atoms with E-state index in [2.05, 4.69) is 39.8 Å². The van der Waals surface area contributed by atoms with E-state index in [1.807, 2.05) is 36.5 Å². The van der Waals surface area contributed by atoms with Crippen LogP contribution in [-0.4, -0.2) is 53.5 Å². The summed E-state index contributed by atoms with van der Waals surface area (Å²) in [6.07, 6.45) is 12.0. The summed E-state index contributed by atoms with van der Waals surface area (Å²) in [6, 6.07) is -0.753. The van der Waals surface area contributed by atoms with E-state index in [4.69, 9.17) is 0 Å². The predicted octanol–water partition coefficient (Wildman–Crippen LogP) is 1.11. The Labute approximate surface area is 155 Å². The number of carbonyl (C=O) groups is 2. The fourth-order valence-corrected chi connectivity index (χ4v) is 5.27. The van der Waals surface area contributed by atoms with E-state index in [1.54, 1.807) is 16.7 Å². The number of fused-ring (bicyclic) bond motifs is 1. The van der Waals surface area contributed by atoms with E-state index < -0.39 is 6.04 Å². The molecule has 1 aromatic rings. The lowest BCUT2D eigenvalue weighted by atomic mass is 9.95. The van der Waals surface area contributed by atoms with Crippen LogP contribution >= 0.6 is 11.8 Å². The lowest BCUT2D eigenvalue weighted by Gasteiger charge is -2.44. The molecule has 0 bridgehead atoms. The maximum atomic E-state index is 12.7. The van der Waals surface area contributed by atoms with Crippen molar-refractivity contribution >= 4 is 23.6 Å². The Morgan fingerprint density at radius 2 is 2.04 bits per heavy atom. The van der Waals surface area contributed by atoms with Crippen molar-refractivity contribution in [3.05, 3.63) is 42.3 Å². The summed E-state index contributed by atoms with van der Waals surface area (Å²) in [5.74, 6) is 0.329. The van der Waals surface area contributed by atoms with Crippen LogP contribution in [0.3, 0.4) is 0 Å². The molecule has 136 valence electrons. The van der Waals surface area contributed by atoms with Gasteiger partial charge in [-0.2, -0.15) is 5.21 Å². The molecule has 0 radical (unpaired) electrons. The fourth-order valence-electron chi connectivity index (χ4n) is 3.64. The SMILES string of the molecule is CC1(C)S[C@@H]2C(NC(=O)CC3C=CC=CC=C3)C(=O)N2C1c1nn[nH]n1. The molecule has 3 aliphatic rings. The molecular formula is C17H20N6O2S. The van der Waals surface area contributed by atoms with Gasteiger partial charge in [0.05, 0.1) is 0 Å². The molecule has 3 heterocycles. The van der Waals surface area contributed by atoms with Crippen LogP contribution in [0, 0.1) is 5.92 Å². The first-order chi connectivity index (χ1) is 12.5. The predicted molar refractivity (Wildman–Crippen MR) is 96.7 cm³/mol. The molecular weight excluding hydrogens is 352 g/mol. The molecule has 26 heavy (non-hydrogen) atoms. The highest BCUT2D eigenvalue weighted by Crippen LogP contribution is 2.56. The van der Waals surface area contributed by atoms with Gasteiger partial charge in [-0.15, -0.1) is 22.0 Å². The van der Waals surface area contributed by atoms with Crippen LogP contribution in [0.1, 0.15) is 32.1 Å². The Morgan fingerprint density at radius 3 is 2.69 bits per heavy atom. The summed E-state index contributed by atoms with van der Waals surface area (Å²) < 4.78 is -0.262. The summed E-state index contributed by atoms with van der Waals surface area (Å²) in [5, 5.41) is 17.0. The summed E-state index contributed by atoms with van der Waals surface area (Å²) in [6.45, 7) is 4.11. The normalized spacial score (nSPS) is 29.4. The number of allylic oxidation sites excluding steroid dienone is 6. The Morgan fingerprint density at radius 1 is 1.31 bits per heavy atom. The molecule has 0 saturated carbocycles. The Kier molecular flexibility index (Phi) is 4.18. The number of carbonyl (C=O) groups excluding carboxylic acids is 2. The van der Waals surface area contributed by atoms with Crippen molar-refractivity contribution in [1.29, 1.82) is 0 Å². The van der Waals surface area contributed by atoms with Gasteiger partial charge in [0.15, 0.2) is 5.82 Å². The van der Waals surface area contributed by atoms with E-state index in [1.165, 1.54) is 0 Å². The van der Waals surface area contributed by atoms with E-state index in [0.717, 1.165) is 0 Å². The van der Waals surface area contributed by atoms with Gasteiger partial charge in [0.2, 0.25) is 11.8 Å². The first-order valence-corrected chi connectivity index (χ1v) is 9.40. The lowest BCUT2D eigenvalue weighted by molar-refractivity contribution is -0.151. The average molecular weight is 372 g/mol. The highest BCUT2D eigenvalue weighted by molar-refractivity contribution is 8.01. The number of β-lactam (4-membered cyclic amide) rings is 1. The van der Waals surface area contributed by atoms with Crippen LogP contribution in [-0.2, 0) is 9.59 Å². The first-order valence-electron chi connectivity index (χ1n) is 8.52. The van der Waals surface area contributed by atoms with E-state index in [-0.39, 0.29) is 33.9 Å². The minimum Gasteiger partial charge on any atom is -0.342 e. The summed E-state index contributed by atoms with van der Waals surface area (Å²) in [7, 11) is 0. The first kappa shape index (κ1) is 17.0. The topological polar surface area (TPSA) is 104 Å². The molecule has 4 rings (SSSR count). The molecule has 3 atom stereocenters. The van der Waals surface area contributed by atoms with E-state index in [9.17, 15) is 9.59 Å². The maximum absolute atomic E-state index is 12.7. The zero-order chi connectivity index (χ0) is 18.3. The molecule has 0 aromatic carbocycles. The molecule has 2 saturated heterocycles. The lowest BCUT2D eigenvalue weighted by Crippen LogP contribution is -2.67. The monoisotopic (exact) mass is 372 g/mol. The zero-order valence-corrected chi connectivity index (χ0v) is 15.3. The van der Waals surface area contributed by atoms with Crippen LogP contribution in [0.25, 0.3) is 0 Å². The van der Waals surface area contributed by atoms with Gasteiger partial charge in [-0.1, -0.05) is 41.7 Å². The van der Waals surface area contributed by atoms with Gasteiger partial charge in [0, 0.05) is 17.1 Å². The molecule has 2 N–H and O–H groups in total. The third kappa shape index (κ3) is 2.86. The quantitative estimate of drug-likeness (QED) is 0.768. The number of aromatic nitrogens is 4. The Balaban J connectivity index is 1.43. The summed E-state index contributed by atoms with van der Waals surface area (Å²) in [5.41, 5.74) is 0. The number of tetrazole rings is 1.